The van der Waals surface area contributed by atoms with Crippen LogP contribution in [0.1, 0.15) is 5.56 Å². The maximum atomic E-state index is 12.5. The lowest BCUT2D eigenvalue weighted by Gasteiger charge is -2.12. The number of hydrogen-bond acceptors (Lipinski definition) is 3. The van der Waals surface area contributed by atoms with Gasteiger partial charge in [-0.15, -0.1) is 0 Å². The number of halogens is 1. The zero-order chi connectivity index (χ0) is 18.1. The van der Waals surface area contributed by atoms with Crippen molar-refractivity contribution in [2.75, 3.05) is 6.86 Å². The van der Waals surface area contributed by atoms with Crippen molar-refractivity contribution in [1.29, 1.82) is 0 Å². The normalized spacial score (nSPS) is 11.0. The van der Waals surface area contributed by atoms with E-state index >= 15 is 0 Å². The molecule has 5 nitrogen and oxygen atoms in total. The van der Waals surface area contributed by atoms with Crippen LogP contribution in [-0.2, 0) is 0 Å². The third-order valence-electron chi connectivity index (χ3n) is 4.30. The fourth-order valence-corrected chi connectivity index (χ4v) is 2.98. The summed E-state index contributed by atoms with van der Waals surface area (Å²) in [4.78, 5) is 16.7. The summed E-state index contributed by atoms with van der Waals surface area (Å²) >= 11 is 0. The number of nitrogens with zero attached hydrogens (tertiary/aromatic N) is 3. The molecule has 0 spiro atoms. The van der Waals surface area contributed by atoms with Gasteiger partial charge in [0.25, 0.3) is 5.56 Å². The van der Waals surface area contributed by atoms with Gasteiger partial charge in [-0.25, -0.2) is 9.37 Å². The lowest BCUT2D eigenvalue weighted by Crippen LogP contribution is -2.17. The summed E-state index contributed by atoms with van der Waals surface area (Å²) in [6, 6.07) is 12.3. The molecule has 130 valence electrons. The Morgan fingerprint density at radius 1 is 1.12 bits per heavy atom. The third-order valence-corrected chi connectivity index (χ3v) is 4.30. The van der Waals surface area contributed by atoms with Crippen molar-refractivity contribution in [2.24, 2.45) is 0 Å². The summed E-state index contributed by atoms with van der Waals surface area (Å²) in [6.07, 6.45) is 7.43. The summed E-state index contributed by atoms with van der Waals surface area (Å²) in [6.45, 7) is 1.03. The van der Waals surface area contributed by atoms with E-state index in [1.807, 2.05) is 42.0 Å². The second-order valence-corrected chi connectivity index (χ2v) is 5.94. The minimum absolute atomic E-state index is 0.130. The first-order valence-corrected chi connectivity index (χ1v) is 8.11. The molecule has 0 unspecified atom stereocenters. The van der Waals surface area contributed by atoms with Gasteiger partial charge in [0.05, 0.1) is 0 Å². The van der Waals surface area contributed by atoms with E-state index in [9.17, 15) is 9.18 Å². The van der Waals surface area contributed by atoms with Gasteiger partial charge < -0.3 is 9.14 Å². The Labute approximate surface area is 148 Å². The van der Waals surface area contributed by atoms with Crippen LogP contribution in [0.15, 0.2) is 72.0 Å². The van der Waals surface area contributed by atoms with Crippen LogP contribution >= 0.6 is 0 Å². The lowest BCUT2D eigenvalue weighted by molar-refractivity contribution is 0.192. The molecule has 6 heteroatoms. The molecule has 3 heterocycles. The highest BCUT2D eigenvalue weighted by Gasteiger charge is 2.09. The second-order valence-electron chi connectivity index (χ2n) is 5.94. The zero-order valence-electron chi connectivity index (χ0n) is 14.1. The van der Waals surface area contributed by atoms with Crippen molar-refractivity contribution in [3.05, 3.63) is 83.2 Å². The highest BCUT2D eigenvalue weighted by molar-refractivity contribution is 5.67. The second kappa shape index (κ2) is 6.48. The number of alkyl halides is 1. The molecule has 0 aliphatic rings. The molecule has 3 aromatic heterocycles. The van der Waals surface area contributed by atoms with Gasteiger partial charge in [-0.1, -0.05) is 0 Å². The molecular formula is C20H16FN3O2. The molecule has 4 aromatic rings. The number of hydrogen-bond donors (Lipinski definition) is 0. The summed E-state index contributed by atoms with van der Waals surface area (Å²) < 4.78 is 20.6. The van der Waals surface area contributed by atoms with Gasteiger partial charge in [-0.05, 0) is 48.9 Å². The third kappa shape index (κ3) is 2.86. The highest BCUT2D eigenvalue weighted by atomic mass is 19.1. The topological polar surface area (TPSA) is 48.5 Å². The number of pyridine rings is 2. The van der Waals surface area contributed by atoms with Gasteiger partial charge in [0.15, 0.2) is 0 Å². The molecule has 26 heavy (non-hydrogen) atoms. The summed E-state index contributed by atoms with van der Waals surface area (Å²) in [7, 11) is 0. The van der Waals surface area contributed by atoms with Crippen LogP contribution in [0.25, 0.3) is 22.5 Å². The molecule has 0 fully saturated rings. The number of rotatable bonds is 4. The molecule has 0 bridgehead atoms. The minimum Gasteiger partial charge on any atom is -0.463 e. The number of imidazole rings is 1. The number of fused-ring (bicyclic) bond motifs is 1. The first-order chi connectivity index (χ1) is 12.7. The number of aromatic nitrogens is 3. The maximum absolute atomic E-state index is 12.5. The quantitative estimate of drug-likeness (QED) is 0.563. The first-order valence-electron chi connectivity index (χ1n) is 8.11. The predicted octanol–water partition coefficient (Wildman–Crippen LogP) is 3.77. The Morgan fingerprint density at radius 3 is 2.69 bits per heavy atom. The fourth-order valence-electron chi connectivity index (χ4n) is 2.98. The molecule has 0 saturated carbocycles. The van der Waals surface area contributed by atoms with E-state index in [-0.39, 0.29) is 5.56 Å². The van der Waals surface area contributed by atoms with Gasteiger partial charge in [0.1, 0.15) is 11.4 Å². The maximum Gasteiger partial charge on any atom is 0.255 e. The van der Waals surface area contributed by atoms with Gasteiger partial charge in [0, 0.05) is 47.7 Å². The van der Waals surface area contributed by atoms with Gasteiger partial charge in [-0.2, -0.15) is 0 Å². The van der Waals surface area contributed by atoms with Crippen LogP contribution in [0.4, 0.5) is 4.39 Å². The van der Waals surface area contributed by atoms with Crippen molar-refractivity contribution in [3.63, 3.8) is 0 Å². The Bertz CT molecular complexity index is 1130. The standard InChI is InChI=1S/C20H16FN3O2/c1-14-10-20(25)24(16-3-5-17(6-4-16)26-13-21)12-18(14)15-2-7-19-22-8-9-23(19)11-15/h2-12H,13H2,1H3. The average molecular weight is 349 g/mol. The predicted molar refractivity (Wildman–Crippen MR) is 97.6 cm³/mol. The SMILES string of the molecule is Cc1cc(=O)n(-c2ccc(OCF)cc2)cc1-c1ccc2nccn2c1. The Kier molecular flexibility index (Phi) is 4.01. The summed E-state index contributed by atoms with van der Waals surface area (Å²) in [5.41, 5.74) is 4.25. The molecule has 0 atom stereocenters. The van der Waals surface area contributed by atoms with Gasteiger partial charge >= 0.3 is 0 Å². The number of aryl methyl sites for hydroxylation is 1. The molecule has 0 saturated heterocycles. The zero-order valence-corrected chi connectivity index (χ0v) is 14.1. The van der Waals surface area contributed by atoms with Crippen molar-refractivity contribution in [1.82, 2.24) is 14.0 Å². The van der Waals surface area contributed by atoms with E-state index < -0.39 is 6.86 Å². The molecule has 4 rings (SSSR count). The average Bonchev–Trinajstić information content (AvgIpc) is 3.11. The minimum atomic E-state index is -0.884. The van der Waals surface area contributed by atoms with E-state index in [1.165, 1.54) is 0 Å². The first kappa shape index (κ1) is 16.1. The van der Waals surface area contributed by atoms with Crippen molar-refractivity contribution in [2.45, 2.75) is 6.92 Å². The molecule has 0 aliphatic carbocycles. The molecule has 0 amide bonds. The lowest BCUT2D eigenvalue weighted by atomic mass is 10.0. The molecule has 0 radical (unpaired) electrons. The van der Waals surface area contributed by atoms with Crippen LogP contribution < -0.4 is 10.3 Å². The fraction of sp³-hybridized carbons (Fsp3) is 0.100. The van der Waals surface area contributed by atoms with Crippen LogP contribution in [0.2, 0.25) is 0 Å². The number of benzene rings is 1. The van der Waals surface area contributed by atoms with Crippen LogP contribution in [0.5, 0.6) is 5.75 Å². The van der Waals surface area contributed by atoms with E-state index in [4.69, 9.17) is 4.74 Å². The van der Waals surface area contributed by atoms with E-state index in [0.29, 0.717) is 11.4 Å². The van der Waals surface area contributed by atoms with E-state index in [1.54, 1.807) is 41.1 Å². The molecule has 1 aromatic carbocycles. The smallest absolute Gasteiger partial charge is 0.255 e. The molecular weight excluding hydrogens is 333 g/mol. The Morgan fingerprint density at radius 2 is 1.92 bits per heavy atom. The van der Waals surface area contributed by atoms with Crippen molar-refractivity contribution in [3.8, 4) is 22.6 Å². The van der Waals surface area contributed by atoms with Crippen molar-refractivity contribution < 1.29 is 9.13 Å². The number of ether oxygens (including phenoxy) is 1. The van der Waals surface area contributed by atoms with Crippen LogP contribution in [-0.4, -0.2) is 20.8 Å². The van der Waals surface area contributed by atoms with Gasteiger partial charge in [-0.3, -0.25) is 9.36 Å². The van der Waals surface area contributed by atoms with E-state index in [0.717, 1.165) is 22.3 Å². The molecule has 0 aliphatic heterocycles. The summed E-state index contributed by atoms with van der Waals surface area (Å²) in [5, 5.41) is 0. The van der Waals surface area contributed by atoms with Crippen molar-refractivity contribution >= 4 is 5.65 Å². The molecule has 0 N–H and O–H groups in total. The highest BCUT2D eigenvalue weighted by Crippen LogP contribution is 2.24. The van der Waals surface area contributed by atoms with Crippen LogP contribution in [0.3, 0.4) is 0 Å². The van der Waals surface area contributed by atoms with Gasteiger partial charge in [0.2, 0.25) is 6.86 Å². The largest absolute Gasteiger partial charge is 0.463 e. The monoisotopic (exact) mass is 349 g/mol. The van der Waals surface area contributed by atoms with E-state index in [2.05, 4.69) is 4.98 Å². The Hall–Kier alpha value is -3.41. The van der Waals surface area contributed by atoms with Crippen LogP contribution in [0, 0.1) is 6.92 Å². The summed E-state index contributed by atoms with van der Waals surface area (Å²) in [5.74, 6) is 0.419. The Balaban J connectivity index is 1.81.